The number of likely N-dealkylation sites (N-methyl/N-ethyl adjacent to an activating group) is 1. The number of esters is 1. The first-order chi connectivity index (χ1) is 19.0. The van der Waals surface area contributed by atoms with Gasteiger partial charge in [0.25, 0.3) is 0 Å². The minimum absolute atomic E-state index is 0.00767. The lowest BCUT2D eigenvalue weighted by atomic mass is 10.0. The van der Waals surface area contributed by atoms with Gasteiger partial charge >= 0.3 is 5.97 Å². The summed E-state index contributed by atoms with van der Waals surface area (Å²) >= 11 is 0. The van der Waals surface area contributed by atoms with E-state index in [2.05, 4.69) is 42.1 Å². The molecule has 198 valence electrons. The van der Waals surface area contributed by atoms with Crippen LogP contribution in [0.15, 0.2) is 73.2 Å². The van der Waals surface area contributed by atoms with E-state index in [9.17, 15) is 9.59 Å². The minimum Gasteiger partial charge on any atom is -0.462 e. The number of ketones is 1. The van der Waals surface area contributed by atoms with Crippen LogP contribution in [0, 0.1) is 0 Å². The zero-order valence-electron chi connectivity index (χ0n) is 21.9. The molecule has 0 unspecified atom stereocenters. The highest BCUT2D eigenvalue weighted by Gasteiger charge is 2.23. The number of hydrogen-bond donors (Lipinski definition) is 1. The number of ether oxygens (including phenoxy) is 1. The van der Waals surface area contributed by atoms with Crippen LogP contribution in [0.1, 0.15) is 33.3 Å². The molecule has 0 aliphatic carbocycles. The molecule has 39 heavy (non-hydrogen) atoms. The van der Waals surface area contributed by atoms with Crippen molar-refractivity contribution in [2.24, 2.45) is 0 Å². The summed E-state index contributed by atoms with van der Waals surface area (Å²) in [7, 11) is 2.13. The lowest BCUT2D eigenvalue weighted by Crippen LogP contribution is -2.44. The van der Waals surface area contributed by atoms with Crippen LogP contribution in [-0.4, -0.2) is 76.4 Å². The molecule has 1 fully saturated rings. The molecule has 1 aliphatic rings. The average molecular weight is 524 g/mol. The monoisotopic (exact) mass is 523 g/mol. The lowest BCUT2D eigenvalue weighted by molar-refractivity contribution is 0.0522. The van der Waals surface area contributed by atoms with Crippen LogP contribution >= 0.6 is 0 Å². The quantitative estimate of drug-likeness (QED) is 0.270. The Balaban J connectivity index is 1.38. The molecule has 0 spiro atoms. The largest absolute Gasteiger partial charge is 0.462 e. The molecular weight excluding hydrogens is 494 g/mol. The Kier molecular flexibility index (Phi) is 7.83. The number of nitrogens with zero attached hydrogens (tertiary/aromatic N) is 6. The van der Waals surface area contributed by atoms with E-state index in [0.29, 0.717) is 11.4 Å². The molecule has 1 saturated heterocycles. The van der Waals surface area contributed by atoms with Crippen molar-refractivity contribution in [3.05, 3.63) is 90.0 Å². The summed E-state index contributed by atoms with van der Waals surface area (Å²) in [4.78, 5) is 48.0. The van der Waals surface area contributed by atoms with E-state index in [4.69, 9.17) is 4.74 Å². The molecule has 4 aromatic rings. The van der Waals surface area contributed by atoms with E-state index in [1.165, 1.54) is 6.20 Å². The Bertz CT molecular complexity index is 1440. The fourth-order valence-electron chi connectivity index (χ4n) is 4.28. The first-order valence-electron chi connectivity index (χ1n) is 12.8. The zero-order chi connectivity index (χ0) is 27.2. The van der Waals surface area contributed by atoms with Crippen LogP contribution in [0.25, 0.3) is 11.4 Å². The molecule has 0 saturated carbocycles. The van der Waals surface area contributed by atoms with Crippen molar-refractivity contribution in [3.63, 3.8) is 0 Å². The van der Waals surface area contributed by atoms with Crippen LogP contribution in [0.2, 0.25) is 0 Å². The number of aromatic nitrogens is 4. The normalized spacial score (nSPS) is 13.6. The van der Waals surface area contributed by atoms with Gasteiger partial charge in [0.15, 0.2) is 5.82 Å². The standard InChI is InChI=1S/C29H29N7O3/c1-3-39-28(38)24-19-32-29(33-22-9-11-23(12-10-22)36-17-15-35(2)16-18-36)34-25(24)26(37)20-5-7-21(8-6-20)27-30-13-4-14-31-27/h4-14,19H,3,15-18H2,1-2H3,(H,32,33,34). The molecule has 3 heterocycles. The van der Waals surface area contributed by atoms with Crippen molar-refractivity contribution in [2.45, 2.75) is 6.92 Å². The number of nitrogens with one attached hydrogen (secondary N) is 1. The van der Waals surface area contributed by atoms with Crippen molar-refractivity contribution >= 4 is 29.1 Å². The van der Waals surface area contributed by atoms with Crippen LogP contribution in [0.5, 0.6) is 0 Å². The van der Waals surface area contributed by atoms with Gasteiger partial charge in [0.05, 0.1) is 6.61 Å². The summed E-state index contributed by atoms with van der Waals surface area (Å²) in [6.07, 6.45) is 4.64. The summed E-state index contributed by atoms with van der Waals surface area (Å²) in [5, 5.41) is 3.15. The van der Waals surface area contributed by atoms with Gasteiger partial charge in [0.1, 0.15) is 11.3 Å². The van der Waals surface area contributed by atoms with Gasteiger partial charge in [-0.05, 0) is 44.3 Å². The Morgan fingerprint density at radius 3 is 2.28 bits per heavy atom. The molecule has 1 N–H and O–H groups in total. The summed E-state index contributed by atoms with van der Waals surface area (Å²) in [6.45, 7) is 5.88. The fourth-order valence-corrected chi connectivity index (χ4v) is 4.28. The number of hydrogen-bond acceptors (Lipinski definition) is 10. The summed E-state index contributed by atoms with van der Waals surface area (Å²) in [5.41, 5.74) is 3.01. The highest BCUT2D eigenvalue weighted by Crippen LogP contribution is 2.23. The van der Waals surface area contributed by atoms with E-state index in [1.54, 1.807) is 49.6 Å². The topological polar surface area (TPSA) is 113 Å². The second kappa shape index (κ2) is 11.8. The molecule has 2 aromatic heterocycles. The van der Waals surface area contributed by atoms with E-state index in [0.717, 1.165) is 43.1 Å². The number of anilines is 3. The Morgan fingerprint density at radius 1 is 0.923 bits per heavy atom. The van der Waals surface area contributed by atoms with Crippen molar-refractivity contribution in [3.8, 4) is 11.4 Å². The number of carbonyl (C=O) groups excluding carboxylic acids is 2. The van der Waals surface area contributed by atoms with Gasteiger partial charge in [-0.15, -0.1) is 0 Å². The van der Waals surface area contributed by atoms with Crippen molar-refractivity contribution < 1.29 is 14.3 Å². The summed E-state index contributed by atoms with van der Waals surface area (Å²) in [5.74, 6) is -0.323. The third kappa shape index (κ3) is 6.07. The predicted octanol–water partition coefficient (Wildman–Crippen LogP) is 3.84. The number of rotatable bonds is 8. The number of benzene rings is 2. The highest BCUT2D eigenvalue weighted by atomic mass is 16.5. The molecule has 0 atom stereocenters. The van der Waals surface area contributed by atoms with Gasteiger partial charge in [-0.25, -0.2) is 24.7 Å². The summed E-state index contributed by atoms with van der Waals surface area (Å²) in [6, 6.07) is 16.6. The van der Waals surface area contributed by atoms with Gasteiger partial charge < -0.3 is 19.9 Å². The Morgan fingerprint density at radius 2 is 1.62 bits per heavy atom. The lowest BCUT2D eigenvalue weighted by Gasteiger charge is -2.34. The molecule has 0 amide bonds. The van der Waals surface area contributed by atoms with Gasteiger partial charge in [-0.3, -0.25) is 4.79 Å². The van der Waals surface area contributed by atoms with E-state index < -0.39 is 11.8 Å². The maximum Gasteiger partial charge on any atom is 0.342 e. The van der Waals surface area contributed by atoms with Gasteiger partial charge in [0.2, 0.25) is 11.7 Å². The fraction of sp³-hybridized carbons (Fsp3) is 0.241. The zero-order valence-corrected chi connectivity index (χ0v) is 21.9. The second-order valence-electron chi connectivity index (χ2n) is 9.12. The molecule has 2 aromatic carbocycles. The van der Waals surface area contributed by atoms with Crippen molar-refractivity contribution in [2.75, 3.05) is 50.1 Å². The first-order valence-corrected chi connectivity index (χ1v) is 12.8. The number of carbonyl (C=O) groups is 2. The summed E-state index contributed by atoms with van der Waals surface area (Å²) < 4.78 is 5.15. The van der Waals surface area contributed by atoms with Crippen molar-refractivity contribution in [1.29, 1.82) is 0 Å². The van der Waals surface area contributed by atoms with E-state index >= 15 is 0 Å². The molecule has 0 bridgehead atoms. The molecule has 1 aliphatic heterocycles. The van der Waals surface area contributed by atoms with Crippen LogP contribution in [0.3, 0.4) is 0 Å². The molecule has 10 heteroatoms. The highest BCUT2D eigenvalue weighted by molar-refractivity contribution is 6.13. The molecular formula is C29H29N7O3. The van der Waals surface area contributed by atoms with Gasteiger partial charge in [-0.2, -0.15) is 0 Å². The Hall–Kier alpha value is -4.70. The van der Waals surface area contributed by atoms with Gasteiger partial charge in [-0.1, -0.05) is 24.3 Å². The average Bonchev–Trinajstić information content (AvgIpc) is 2.98. The molecule has 5 rings (SSSR count). The second-order valence-corrected chi connectivity index (χ2v) is 9.12. The maximum atomic E-state index is 13.5. The predicted molar refractivity (Wildman–Crippen MR) is 148 cm³/mol. The van der Waals surface area contributed by atoms with Crippen LogP contribution in [0.4, 0.5) is 17.3 Å². The minimum atomic E-state index is -0.654. The molecule has 0 radical (unpaired) electrons. The smallest absolute Gasteiger partial charge is 0.342 e. The SMILES string of the molecule is CCOC(=O)c1cnc(Nc2ccc(N3CCN(C)CC3)cc2)nc1C(=O)c1ccc(-c2ncccn2)cc1. The van der Waals surface area contributed by atoms with Crippen molar-refractivity contribution in [1.82, 2.24) is 24.8 Å². The van der Waals surface area contributed by atoms with E-state index in [-0.39, 0.29) is 23.8 Å². The maximum absolute atomic E-state index is 13.5. The van der Waals surface area contributed by atoms with Crippen LogP contribution < -0.4 is 10.2 Å². The van der Waals surface area contributed by atoms with E-state index in [1.807, 2.05) is 24.3 Å². The Labute approximate surface area is 226 Å². The third-order valence-corrected chi connectivity index (χ3v) is 6.46. The third-order valence-electron chi connectivity index (χ3n) is 6.46. The van der Waals surface area contributed by atoms with Crippen LogP contribution in [-0.2, 0) is 4.74 Å². The molecule has 10 nitrogen and oxygen atoms in total. The first kappa shape index (κ1) is 25.9. The number of piperazine rings is 1. The van der Waals surface area contributed by atoms with Gasteiger partial charge in [0, 0.05) is 67.3 Å².